The summed E-state index contributed by atoms with van der Waals surface area (Å²) in [5.41, 5.74) is 4.32. The van der Waals surface area contributed by atoms with E-state index < -0.39 is 0 Å². The second-order valence-corrected chi connectivity index (χ2v) is 8.84. The fourth-order valence-electron chi connectivity index (χ4n) is 4.61. The van der Waals surface area contributed by atoms with Gasteiger partial charge in [0.05, 0.1) is 0 Å². The Bertz CT molecular complexity index is 1260. The molecule has 3 aromatic carbocycles. The minimum Gasteiger partial charge on any atom is -0.0840 e. The standard InChI is InChI=1S/C25H20BrCl/c26-24-6-3-5-19-20-11-10-17-9-8-16(14-18-4-1-2-7-25(18)27)15-23(17)21(20)12-13-22(19)24/h1-7,9-11,13,16H,8,12,14-15H2. The quantitative estimate of drug-likeness (QED) is 0.511. The molecule has 0 fully saturated rings. The molecule has 0 aliphatic heterocycles. The molecule has 0 heterocycles. The van der Waals surface area contributed by atoms with Gasteiger partial charge in [-0.05, 0) is 81.3 Å². The Morgan fingerprint density at radius 1 is 0.889 bits per heavy atom. The predicted molar refractivity (Wildman–Crippen MR) is 117 cm³/mol. The minimum atomic E-state index is 0.618. The average Bonchev–Trinajstić information content (AvgIpc) is 2.69. The number of rotatable bonds is 2. The first-order chi connectivity index (χ1) is 13.2. The molecule has 0 saturated carbocycles. The van der Waals surface area contributed by atoms with Crippen molar-refractivity contribution in [2.24, 2.45) is 5.92 Å². The Hall–Kier alpha value is -1.83. The maximum Gasteiger partial charge on any atom is 0.0438 e. The second-order valence-electron chi connectivity index (χ2n) is 7.57. The number of fused-ring (bicyclic) bond motifs is 4. The summed E-state index contributed by atoms with van der Waals surface area (Å²) in [4.78, 5) is 0. The molecule has 5 rings (SSSR count). The fourth-order valence-corrected chi connectivity index (χ4v) is 5.35. The highest BCUT2D eigenvalue weighted by Gasteiger charge is 2.19. The molecule has 2 heteroatoms. The summed E-state index contributed by atoms with van der Waals surface area (Å²) in [5, 5.41) is 6.40. The molecule has 0 nitrogen and oxygen atoms in total. The lowest BCUT2D eigenvalue weighted by Crippen LogP contribution is -2.25. The number of benzene rings is 3. The highest BCUT2D eigenvalue weighted by atomic mass is 79.9. The second kappa shape index (κ2) is 6.96. The van der Waals surface area contributed by atoms with Gasteiger partial charge in [-0.1, -0.05) is 82.1 Å². The van der Waals surface area contributed by atoms with Gasteiger partial charge in [-0.15, -0.1) is 0 Å². The first-order valence-electron chi connectivity index (χ1n) is 9.54. The molecule has 0 aromatic heterocycles. The third kappa shape index (κ3) is 3.07. The normalized spacial score (nSPS) is 17.2. The van der Waals surface area contributed by atoms with Crippen molar-refractivity contribution in [2.75, 3.05) is 0 Å². The lowest BCUT2D eigenvalue weighted by molar-refractivity contribution is 0.527. The van der Waals surface area contributed by atoms with E-state index in [2.05, 4.69) is 70.5 Å². The van der Waals surface area contributed by atoms with Crippen LogP contribution < -0.4 is 10.4 Å². The van der Waals surface area contributed by atoms with E-state index in [1.54, 1.807) is 0 Å². The predicted octanol–water partition coefficient (Wildman–Crippen LogP) is 5.31. The Labute approximate surface area is 172 Å². The van der Waals surface area contributed by atoms with Gasteiger partial charge in [0, 0.05) is 9.50 Å². The first-order valence-corrected chi connectivity index (χ1v) is 10.7. The van der Waals surface area contributed by atoms with Gasteiger partial charge in [-0.2, -0.15) is 0 Å². The highest BCUT2D eigenvalue weighted by Crippen LogP contribution is 2.27. The van der Waals surface area contributed by atoms with E-state index in [4.69, 9.17) is 11.6 Å². The molecule has 0 radical (unpaired) electrons. The van der Waals surface area contributed by atoms with Gasteiger partial charge in [0.25, 0.3) is 0 Å². The van der Waals surface area contributed by atoms with Crippen LogP contribution in [0.3, 0.4) is 0 Å². The maximum absolute atomic E-state index is 6.41. The zero-order valence-electron chi connectivity index (χ0n) is 15.0. The van der Waals surface area contributed by atoms with Crippen molar-refractivity contribution >= 4 is 39.7 Å². The van der Waals surface area contributed by atoms with Gasteiger partial charge >= 0.3 is 0 Å². The lowest BCUT2D eigenvalue weighted by Gasteiger charge is -2.24. The fraction of sp³-hybridized carbons (Fsp3) is 0.200. The smallest absolute Gasteiger partial charge is 0.0438 e. The van der Waals surface area contributed by atoms with Crippen LogP contribution in [-0.2, 0) is 19.3 Å². The van der Waals surface area contributed by atoms with Crippen LogP contribution >= 0.6 is 27.5 Å². The maximum atomic E-state index is 6.41. The van der Waals surface area contributed by atoms with Gasteiger partial charge in [0.2, 0.25) is 0 Å². The Morgan fingerprint density at radius 2 is 1.78 bits per heavy atom. The average molecular weight is 436 g/mol. The SMILES string of the molecule is Clc1ccccc1CC1CC=c2ccc3c(c2C1)CC=c1c(Br)cccc1=3. The summed E-state index contributed by atoms with van der Waals surface area (Å²) in [6, 6.07) is 19.4. The molecule has 3 aromatic rings. The van der Waals surface area contributed by atoms with Crippen LogP contribution in [0, 0.1) is 16.4 Å². The number of halogens is 2. The van der Waals surface area contributed by atoms with E-state index >= 15 is 0 Å². The summed E-state index contributed by atoms with van der Waals surface area (Å²) >= 11 is 10.1. The third-order valence-corrected chi connectivity index (χ3v) is 7.01. The highest BCUT2D eigenvalue weighted by molar-refractivity contribution is 9.10. The molecular formula is C25H20BrCl. The largest absolute Gasteiger partial charge is 0.0840 e. The van der Waals surface area contributed by atoms with E-state index in [-0.39, 0.29) is 0 Å². The molecule has 0 saturated heterocycles. The van der Waals surface area contributed by atoms with Crippen molar-refractivity contribution in [3.63, 3.8) is 0 Å². The molecule has 27 heavy (non-hydrogen) atoms. The van der Waals surface area contributed by atoms with E-state index in [0.717, 1.165) is 30.7 Å². The Kier molecular flexibility index (Phi) is 4.46. The zero-order chi connectivity index (χ0) is 18.4. The molecule has 2 aliphatic carbocycles. The van der Waals surface area contributed by atoms with Crippen LogP contribution in [-0.4, -0.2) is 0 Å². The van der Waals surface area contributed by atoms with Gasteiger partial charge < -0.3 is 0 Å². The number of hydrogen-bond donors (Lipinski definition) is 0. The van der Waals surface area contributed by atoms with E-state index in [0.29, 0.717) is 5.92 Å². The lowest BCUT2D eigenvalue weighted by atomic mass is 9.81. The van der Waals surface area contributed by atoms with Crippen LogP contribution in [0.4, 0.5) is 0 Å². The molecule has 1 atom stereocenters. The third-order valence-electron chi connectivity index (χ3n) is 5.95. The number of hydrogen-bond acceptors (Lipinski definition) is 0. The molecule has 0 amide bonds. The molecule has 2 aliphatic rings. The van der Waals surface area contributed by atoms with Crippen molar-refractivity contribution in [3.8, 4) is 0 Å². The summed E-state index contributed by atoms with van der Waals surface area (Å²) in [6.07, 6.45) is 9.13. The van der Waals surface area contributed by atoms with Crippen molar-refractivity contribution < 1.29 is 0 Å². The van der Waals surface area contributed by atoms with E-state index in [1.165, 1.54) is 42.0 Å². The van der Waals surface area contributed by atoms with Crippen molar-refractivity contribution in [3.05, 3.63) is 102 Å². The topological polar surface area (TPSA) is 0 Å². The van der Waals surface area contributed by atoms with Crippen molar-refractivity contribution in [1.82, 2.24) is 0 Å². The Balaban J connectivity index is 1.61. The van der Waals surface area contributed by atoms with Gasteiger partial charge in [0.15, 0.2) is 0 Å². The Morgan fingerprint density at radius 3 is 2.67 bits per heavy atom. The zero-order valence-corrected chi connectivity index (χ0v) is 17.4. The van der Waals surface area contributed by atoms with Crippen LogP contribution in [0.15, 0.2) is 59.1 Å². The minimum absolute atomic E-state index is 0.618. The van der Waals surface area contributed by atoms with Crippen LogP contribution in [0.2, 0.25) is 5.02 Å². The first kappa shape index (κ1) is 17.3. The van der Waals surface area contributed by atoms with E-state index in [1.807, 2.05) is 12.1 Å². The molecule has 1 unspecified atom stereocenters. The molecular weight excluding hydrogens is 416 g/mol. The molecule has 0 spiro atoms. The monoisotopic (exact) mass is 434 g/mol. The van der Waals surface area contributed by atoms with Crippen LogP contribution in [0.25, 0.3) is 12.2 Å². The van der Waals surface area contributed by atoms with E-state index in [9.17, 15) is 0 Å². The van der Waals surface area contributed by atoms with Crippen molar-refractivity contribution in [1.29, 1.82) is 0 Å². The summed E-state index contributed by atoms with van der Waals surface area (Å²) in [6.45, 7) is 0. The summed E-state index contributed by atoms with van der Waals surface area (Å²) in [7, 11) is 0. The van der Waals surface area contributed by atoms with Gasteiger partial charge in [-0.25, -0.2) is 0 Å². The van der Waals surface area contributed by atoms with Crippen molar-refractivity contribution in [2.45, 2.75) is 25.7 Å². The molecule has 0 N–H and O–H groups in total. The molecule has 0 bridgehead atoms. The molecule has 134 valence electrons. The van der Waals surface area contributed by atoms with Gasteiger partial charge in [0.1, 0.15) is 0 Å². The van der Waals surface area contributed by atoms with Crippen LogP contribution in [0.5, 0.6) is 0 Å². The van der Waals surface area contributed by atoms with Gasteiger partial charge in [-0.3, -0.25) is 0 Å². The summed E-state index contributed by atoms with van der Waals surface area (Å²) in [5.74, 6) is 0.618. The van der Waals surface area contributed by atoms with Crippen LogP contribution in [0.1, 0.15) is 23.1 Å². The summed E-state index contributed by atoms with van der Waals surface area (Å²) < 4.78 is 1.19.